The second kappa shape index (κ2) is 8.93. The molecule has 0 saturated carbocycles. The summed E-state index contributed by atoms with van der Waals surface area (Å²) >= 11 is 0. The highest BCUT2D eigenvalue weighted by molar-refractivity contribution is 7.89. The lowest BCUT2D eigenvalue weighted by Gasteiger charge is -2.33. The lowest BCUT2D eigenvalue weighted by atomic mass is 10.1. The average Bonchev–Trinajstić information content (AvgIpc) is 2.82. The first-order chi connectivity index (χ1) is 15.4. The second-order valence-corrected chi connectivity index (χ2v) is 9.20. The quantitative estimate of drug-likeness (QED) is 0.578. The van der Waals surface area contributed by atoms with E-state index in [4.69, 9.17) is 4.74 Å². The Morgan fingerprint density at radius 1 is 0.938 bits per heavy atom. The van der Waals surface area contributed by atoms with Crippen molar-refractivity contribution in [3.63, 3.8) is 0 Å². The molecule has 1 aliphatic heterocycles. The molecule has 4 rings (SSSR count). The highest BCUT2D eigenvalue weighted by Gasteiger charge is 2.30. The Balaban J connectivity index is 1.36. The molecule has 166 valence electrons. The number of esters is 1. The molecule has 0 atom stereocenters. The van der Waals surface area contributed by atoms with Crippen molar-refractivity contribution in [1.29, 1.82) is 0 Å². The molecule has 1 aromatic heterocycles. The predicted octanol–water partition coefficient (Wildman–Crippen LogP) is 1.22. The van der Waals surface area contributed by atoms with E-state index >= 15 is 0 Å². The van der Waals surface area contributed by atoms with E-state index in [1.54, 1.807) is 42.5 Å². The Hall–Kier alpha value is -3.50. The number of aromatic nitrogens is 1. The maximum Gasteiger partial charge on any atom is 0.339 e. The molecule has 10 heteroatoms. The van der Waals surface area contributed by atoms with E-state index in [0.717, 1.165) is 6.07 Å². The highest BCUT2D eigenvalue weighted by Crippen LogP contribution is 2.18. The second-order valence-electron chi connectivity index (χ2n) is 7.27. The topological polar surface area (TPSA) is 117 Å². The van der Waals surface area contributed by atoms with Gasteiger partial charge in [0.2, 0.25) is 15.6 Å². The Morgan fingerprint density at radius 3 is 2.31 bits per heavy atom. The summed E-state index contributed by atoms with van der Waals surface area (Å²) in [5.74, 6) is -1.20. The predicted molar refractivity (Wildman–Crippen MR) is 117 cm³/mol. The van der Waals surface area contributed by atoms with Crippen LogP contribution >= 0.6 is 0 Å². The minimum Gasteiger partial charge on any atom is -0.452 e. The Labute approximate surface area is 184 Å². The van der Waals surface area contributed by atoms with Gasteiger partial charge in [0.05, 0.1) is 10.5 Å². The first-order valence-electron chi connectivity index (χ1n) is 9.98. The van der Waals surface area contributed by atoms with Gasteiger partial charge in [-0.3, -0.25) is 9.59 Å². The number of para-hydroxylation sites is 1. The largest absolute Gasteiger partial charge is 0.452 e. The van der Waals surface area contributed by atoms with Crippen LogP contribution in [-0.4, -0.2) is 67.3 Å². The Morgan fingerprint density at radius 2 is 1.59 bits per heavy atom. The van der Waals surface area contributed by atoms with Crippen molar-refractivity contribution in [2.45, 2.75) is 4.90 Å². The zero-order chi connectivity index (χ0) is 22.7. The van der Waals surface area contributed by atoms with Gasteiger partial charge in [-0.25, -0.2) is 13.2 Å². The molecule has 0 unspecified atom stereocenters. The minimum atomic E-state index is -3.62. The molecular weight excluding hydrogens is 434 g/mol. The maximum atomic E-state index is 12.7. The molecule has 0 radical (unpaired) electrons. The summed E-state index contributed by atoms with van der Waals surface area (Å²) in [6.45, 7) is 0.184. The average molecular weight is 455 g/mol. The van der Waals surface area contributed by atoms with Crippen molar-refractivity contribution >= 4 is 32.8 Å². The third-order valence-electron chi connectivity index (χ3n) is 5.27. The van der Waals surface area contributed by atoms with Crippen LogP contribution < -0.4 is 5.56 Å². The van der Waals surface area contributed by atoms with Crippen LogP contribution in [0.1, 0.15) is 10.4 Å². The fourth-order valence-electron chi connectivity index (χ4n) is 3.59. The number of rotatable bonds is 5. The van der Waals surface area contributed by atoms with Crippen LogP contribution in [-0.2, 0) is 19.6 Å². The van der Waals surface area contributed by atoms with Gasteiger partial charge in [-0.05, 0) is 18.2 Å². The zero-order valence-corrected chi connectivity index (χ0v) is 17.9. The van der Waals surface area contributed by atoms with E-state index in [-0.39, 0.29) is 36.6 Å². The van der Waals surface area contributed by atoms with Gasteiger partial charge < -0.3 is 14.6 Å². The smallest absolute Gasteiger partial charge is 0.339 e. The molecule has 2 aromatic carbocycles. The van der Waals surface area contributed by atoms with E-state index in [0.29, 0.717) is 10.9 Å². The standard InChI is InChI=1S/C22H21N3O6S/c26-20-14-18(17-8-4-5-9-19(17)23-20)22(28)31-15-21(27)24-10-12-25(13-11-24)32(29,30)16-6-2-1-3-7-16/h1-9,14H,10-13,15H2,(H,23,26). The summed E-state index contributed by atoms with van der Waals surface area (Å²) < 4.78 is 31.9. The molecule has 0 spiro atoms. The van der Waals surface area contributed by atoms with Gasteiger partial charge in [-0.2, -0.15) is 4.31 Å². The summed E-state index contributed by atoms with van der Waals surface area (Å²) in [6.07, 6.45) is 0. The lowest BCUT2D eigenvalue weighted by Crippen LogP contribution is -2.51. The number of H-pyrrole nitrogens is 1. The fraction of sp³-hybridized carbons (Fsp3) is 0.227. The third kappa shape index (κ3) is 4.41. The van der Waals surface area contributed by atoms with Crippen molar-refractivity contribution < 1.29 is 22.7 Å². The number of fused-ring (bicyclic) bond motifs is 1. The fourth-order valence-corrected chi connectivity index (χ4v) is 5.03. The molecule has 0 bridgehead atoms. The number of aromatic amines is 1. The van der Waals surface area contributed by atoms with Crippen LogP contribution in [0.5, 0.6) is 0 Å². The number of nitrogens with zero attached hydrogens (tertiary/aromatic N) is 2. The summed E-state index contributed by atoms with van der Waals surface area (Å²) in [4.78, 5) is 41.1. The molecule has 1 saturated heterocycles. The van der Waals surface area contributed by atoms with Crippen LogP contribution in [0.25, 0.3) is 10.9 Å². The van der Waals surface area contributed by atoms with Crippen molar-refractivity contribution in [3.05, 3.63) is 76.6 Å². The summed E-state index contributed by atoms with van der Waals surface area (Å²) in [5, 5.41) is 0.518. The summed E-state index contributed by atoms with van der Waals surface area (Å²) in [6, 6.07) is 16.1. The van der Waals surface area contributed by atoms with E-state index < -0.39 is 34.1 Å². The number of amides is 1. The number of hydrogen-bond donors (Lipinski definition) is 1. The normalized spacial score (nSPS) is 14.9. The summed E-state index contributed by atoms with van der Waals surface area (Å²) in [7, 11) is -3.62. The molecule has 1 N–H and O–H groups in total. The van der Waals surface area contributed by atoms with Crippen molar-refractivity contribution in [1.82, 2.24) is 14.2 Å². The van der Waals surface area contributed by atoms with Crippen molar-refractivity contribution in [2.75, 3.05) is 32.8 Å². The van der Waals surface area contributed by atoms with Gasteiger partial charge in [-0.1, -0.05) is 36.4 Å². The lowest BCUT2D eigenvalue weighted by molar-refractivity contribution is -0.135. The number of carbonyl (C=O) groups is 2. The van der Waals surface area contributed by atoms with E-state index in [2.05, 4.69) is 4.98 Å². The van der Waals surface area contributed by atoms with Gasteiger partial charge in [-0.15, -0.1) is 0 Å². The summed E-state index contributed by atoms with van der Waals surface area (Å²) in [5.41, 5.74) is 0.127. The monoisotopic (exact) mass is 455 g/mol. The SMILES string of the molecule is O=C(OCC(=O)N1CCN(S(=O)(=O)c2ccccc2)CC1)c1cc(=O)[nH]c2ccccc12. The molecule has 0 aliphatic carbocycles. The molecule has 1 amide bonds. The molecular formula is C22H21N3O6S. The number of pyridine rings is 1. The van der Waals surface area contributed by atoms with Crippen LogP contribution in [0.3, 0.4) is 0 Å². The van der Waals surface area contributed by atoms with Crippen LogP contribution in [0.15, 0.2) is 70.4 Å². The first-order valence-corrected chi connectivity index (χ1v) is 11.4. The number of benzene rings is 2. The molecule has 2 heterocycles. The molecule has 3 aromatic rings. The number of hydrogen-bond acceptors (Lipinski definition) is 6. The van der Waals surface area contributed by atoms with Gasteiger partial charge >= 0.3 is 5.97 Å². The van der Waals surface area contributed by atoms with Crippen LogP contribution in [0.2, 0.25) is 0 Å². The van der Waals surface area contributed by atoms with E-state index in [9.17, 15) is 22.8 Å². The number of sulfonamides is 1. The Bertz CT molecular complexity index is 1310. The van der Waals surface area contributed by atoms with Gasteiger partial charge in [0.15, 0.2) is 6.61 Å². The van der Waals surface area contributed by atoms with Gasteiger partial charge in [0.1, 0.15) is 0 Å². The first kappa shape index (κ1) is 21.7. The van der Waals surface area contributed by atoms with E-state index in [1.165, 1.54) is 21.3 Å². The van der Waals surface area contributed by atoms with Crippen molar-refractivity contribution in [3.8, 4) is 0 Å². The maximum absolute atomic E-state index is 12.7. The van der Waals surface area contributed by atoms with Crippen LogP contribution in [0, 0.1) is 0 Å². The van der Waals surface area contributed by atoms with E-state index in [1.807, 2.05) is 0 Å². The highest BCUT2D eigenvalue weighted by atomic mass is 32.2. The number of nitrogens with one attached hydrogen (secondary N) is 1. The minimum absolute atomic E-state index is 0.0796. The zero-order valence-electron chi connectivity index (χ0n) is 17.1. The third-order valence-corrected chi connectivity index (χ3v) is 7.18. The molecule has 1 aliphatic rings. The van der Waals surface area contributed by atoms with Crippen molar-refractivity contribution in [2.24, 2.45) is 0 Å². The van der Waals surface area contributed by atoms with Gasteiger partial charge in [0.25, 0.3) is 5.91 Å². The van der Waals surface area contributed by atoms with Crippen LogP contribution in [0.4, 0.5) is 0 Å². The molecule has 9 nitrogen and oxygen atoms in total. The number of ether oxygens (including phenoxy) is 1. The number of carbonyl (C=O) groups excluding carboxylic acids is 2. The number of piperazine rings is 1. The molecule has 32 heavy (non-hydrogen) atoms. The molecule has 1 fully saturated rings. The van der Waals surface area contributed by atoms with Gasteiger partial charge in [0, 0.05) is 43.1 Å². The Kier molecular flexibility index (Phi) is 6.06.